The average Bonchev–Trinajstić information content (AvgIpc) is 3.07. The number of nitrogens with one attached hydrogen (secondary N) is 1. The second-order valence-corrected chi connectivity index (χ2v) is 17.9. The van der Waals surface area contributed by atoms with Crippen molar-refractivity contribution >= 4 is 13.7 Å². The second-order valence-electron chi connectivity index (χ2n) is 16.4. The Balaban J connectivity index is 4.23. The van der Waals surface area contributed by atoms with Crippen LogP contribution in [0.25, 0.3) is 0 Å². The molecule has 9 heteroatoms. The molecule has 3 unspecified atom stereocenters. The highest BCUT2D eigenvalue weighted by atomic mass is 31.2. The second kappa shape index (κ2) is 35.2. The van der Waals surface area contributed by atoms with Gasteiger partial charge in [0.2, 0.25) is 5.91 Å². The summed E-state index contributed by atoms with van der Waals surface area (Å²) in [6.07, 6.45) is 37.0. The zero-order valence-electron chi connectivity index (χ0n) is 34.6. The van der Waals surface area contributed by atoms with Crippen molar-refractivity contribution in [2.24, 2.45) is 0 Å². The van der Waals surface area contributed by atoms with E-state index < -0.39 is 20.0 Å². The fraction of sp³-hybridized carbons (Fsp3) is 0.976. The molecule has 0 saturated heterocycles. The molecule has 0 fully saturated rings. The predicted octanol–water partition coefficient (Wildman–Crippen LogP) is 11.8. The minimum atomic E-state index is -4.30. The van der Waals surface area contributed by atoms with Gasteiger partial charge in [-0.15, -0.1) is 0 Å². The summed E-state index contributed by atoms with van der Waals surface area (Å²) in [7, 11) is 1.63. The molecule has 0 aliphatic carbocycles. The van der Waals surface area contributed by atoms with Gasteiger partial charge < -0.3 is 19.8 Å². The molecular weight excluding hydrogens is 659 g/mol. The number of amides is 1. The van der Waals surface area contributed by atoms with Crippen molar-refractivity contribution in [3.05, 3.63) is 0 Å². The number of hydrogen-bond donors (Lipinski definition) is 3. The molecular formula is C42H88N2O6P+. The monoisotopic (exact) mass is 748 g/mol. The van der Waals surface area contributed by atoms with E-state index in [-0.39, 0.29) is 19.1 Å². The summed E-state index contributed by atoms with van der Waals surface area (Å²) in [5.41, 5.74) is 0. The number of aliphatic hydroxyl groups excluding tert-OH is 1. The van der Waals surface area contributed by atoms with E-state index in [0.29, 0.717) is 23.9 Å². The van der Waals surface area contributed by atoms with E-state index in [9.17, 15) is 19.4 Å². The Labute approximate surface area is 317 Å². The zero-order chi connectivity index (χ0) is 37.9. The number of unbranched alkanes of at least 4 members (excludes halogenated alkanes) is 27. The molecule has 51 heavy (non-hydrogen) atoms. The highest BCUT2D eigenvalue weighted by Gasteiger charge is 2.28. The third-order valence-electron chi connectivity index (χ3n) is 10.1. The summed E-state index contributed by atoms with van der Waals surface area (Å²) in [6.45, 7) is 4.88. The van der Waals surface area contributed by atoms with E-state index in [1.54, 1.807) is 0 Å². The van der Waals surface area contributed by atoms with Gasteiger partial charge in [0.1, 0.15) is 13.2 Å². The van der Waals surface area contributed by atoms with Crippen molar-refractivity contribution < 1.29 is 32.9 Å². The quantitative estimate of drug-likeness (QED) is 0.0327. The maximum atomic E-state index is 12.8. The maximum Gasteiger partial charge on any atom is 0.472 e. The largest absolute Gasteiger partial charge is 0.472 e. The molecule has 306 valence electrons. The standard InChI is InChI=1S/C42H87N2O6P/c1-6-8-10-12-14-16-17-18-19-20-21-22-23-24-25-26-28-29-31-33-35-41(45)40(39-50-51(47,48)49-38-37-44(3,4)5)43-42(46)36-34-32-30-27-15-13-11-9-7-2/h40-41,45H,6-39H2,1-5H3,(H-,43,46,47,48)/p+1. The molecule has 8 nitrogen and oxygen atoms in total. The number of rotatable bonds is 40. The SMILES string of the molecule is CCCCCCCCCCCCCCCCCCCCCCC(O)C(COP(=O)(O)OCC[N+](C)(C)C)NC(=O)CCCCCCCCCCC. The third kappa shape index (κ3) is 37.6. The van der Waals surface area contributed by atoms with Crippen molar-refractivity contribution in [2.75, 3.05) is 40.9 Å². The first kappa shape index (κ1) is 50.5. The van der Waals surface area contributed by atoms with Gasteiger partial charge in [-0.1, -0.05) is 194 Å². The number of quaternary nitrogens is 1. The van der Waals surface area contributed by atoms with Crippen molar-refractivity contribution in [1.82, 2.24) is 5.32 Å². The Morgan fingerprint density at radius 1 is 0.588 bits per heavy atom. The van der Waals surface area contributed by atoms with Gasteiger partial charge in [0.25, 0.3) is 0 Å². The molecule has 0 aromatic rings. The fourth-order valence-corrected chi connectivity index (χ4v) is 7.31. The summed E-state index contributed by atoms with van der Waals surface area (Å²) in [4.78, 5) is 23.0. The highest BCUT2D eigenvalue weighted by Crippen LogP contribution is 2.43. The number of nitrogens with zero attached hydrogens (tertiary/aromatic N) is 1. The van der Waals surface area contributed by atoms with Crippen molar-refractivity contribution in [3.8, 4) is 0 Å². The van der Waals surface area contributed by atoms with Gasteiger partial charge in [0, 0.05) is 6.42 Å². The van der Waals surface area contributed by atoms with Crippen LogP contribution in [0.4, 0.5) is 0 Å². The van der Waals surface area contributed by atoms with Gasteiger partial charge in [0.15, 0.2) is 0 Å². The Hall–Kier alpha value is -0.500. The van der Waals surface area contributed by atoms with Crippen LogP contribution in [0.2, 0.25) is 0 Å². The molecule has 3 atom stereocenters. The van der Waals surface area contributed by atoms with Gasteiger partial charge in [0.05, 0.1) is 39.9 Å². The molecule has 0 bridgehead atoms. The van der Waals surface area contributed by atoms with E-state index in [1.807, 2.05) is 21.1 Å². The first-order valence-corrected chi connectivity index (χ1v) is 23.4. The maximum absolute atomic E-state index is 12.8. The highest BCUT2D eigenvalue weighted by molar-refractivity contribution is 7.47. The summed E-state index contributed by atoms with van der Waals surface area (Å²) >= 11 is 0. The summed E-state index contributed by atoms with van der Waals surface area (Å²) in [6, 6.07) is -0.751. The van der Waals surface area contributed by atoms with Crippen LogP contribution in [0.15, 0.2) is 0 Å². The van der Waals surface area contributed by atoms with Crippen LogP contribution in [-0.2, 0) is 18.4 Å². The molecule has 0 aliphatic heterocycles. The Bertz CT molecular complexity index is 809. The molecule has 1 amide bonds. The van der Waals surface area contributed by atoms with Crippen LogP contribution >= 0.6 is 7.82 Å². The zero-order valence-corrected chi connectivity index (χ0v) is 35.5. The Kier molecular flexibility index (Phi) is 34.9. The number of carbonyl (C=O) groups is 1. The van der Waals surface area contributed by atoms with Crippen LogP contribution in [0.3, 0.4) is 0 Å². The van der Waals surface area contributed by atoms with Crippen molar-refractivity contribution in [3.63, 3.8) is 0 Å². The third-order valence-corrected chi connectivity index (χ3v) is 11.1. The Morgan fingerprint density at radius 3 is 1.31 bits per heavy atom. The van der Waals surface area contributed by atoms with E-state index in [0.717, 1.165) is 38.5 Å². The van der Waals surface area contributed by atoms with Gasteiger partial charge in [-0.05, 0) is 12.8 Å². The molecule has 0 saturated carbocycles. The summed E-state index contributed by atoms with van der Waals surface area (Å²) < 4.78 is 23.6. The van der Waals surface area contributed by atoms with Gasteiger partial charge >= 0.3 is 7.82 Å². The fourth-order valence-electron chi connectivity index (χ4n) is 6.58. The number of carbonyl (C=O) groups excluding carboxylic acids is 1. The van der Waals surface area contributed by atoms with Gasteiger partial charge in [-0.25, -0.2) is 4.57 Å². The van der Waals surface area contributed by atoms with Crippen molar-refractivity contribution in [2.45, 2.75) is 225 Å². The molecule has 0 heterocycles. The molecule has 0 aromatic carbocycles. The lowest BCUT2D eigenvalue weighted by molar-refractivity contribution is -0.870. The molecule has 0 aliphatic rings. The topological polar surface area (TPSA) is 105 Å². The van der Waals surface area contributed by atoms with Crippen LogP contribution in [0.1, 0.15) is 213 Å². The van der Waals surface area contributed by atoms with E-state index in [4.69, 9.17) is 9.05 Å². The summed E-state index contributed by atoms with van der Waals surface area (Å²) in [5, 5.41) is 13.9. The number of aliphatic hydroxyl groups is 1. The smallest absolute Gasteiger partial charge is 0.391 e. The van der Waals surface area contributed by atoms with E-state index in [1.165, 1.54) is 148 Å². The lowest BCUT2D eigenvalue weighted by atomic mass is 10.0. The number of phosphoric acid groups is 1. The molecule has 0 rings (SSSR count). The Morgan fingerprint density at radius 2 is 0.941 bits per heavy atom. The molecule has 0 spiro atoms. The van der Waals surface area contributed by atoms with Crippen LogP contribution < -0.4 is 5.32 Å². The lowest BCUT2D eigenvalue weighted by Crippen LogP contribution is -2.46. The number of phosphoric ester groups is 1. The average molecular weight is 748 g/mol. The molecule has 3 N–H and O–H groups in total. The molecule has 0 radical (unpaired) electrons. The van der Waals surface area contributed by atoms with Crippen molar-refractivity contribution in [1.29, 1.82) is 0 Å². The minimum absolute atomic E-state index is 0.0782. The summed E-state index contributed by atoms with van der Waals surface area (Å²) in [5.74, 6) is -0.146. The van der Waals surface area contributed by atoms with Gasteiger partial charge in [-0.3, -0.25) is 13.8 Å². The first-order valence-electron chi connectivity index (χ1n) is 21.9. The van der Waals surface area contributed by atoms with Gasteiger partial charge in [-0.2, -0.15) is 0 Å². The molecule has 0 aromatic heterocycles. The number of likely N-dealkylation sites (N-methyl/N-ethyl adjacent to an activating group) is 1. The lowest BCUT2D eigenvalue weighted by Gasteiger charge is -2.26. The van der Waals surface area contributed by atoms with Crippen LogP contribution in [-0.4, -0.2) is 73.4 Å². The van der Waals surface area contributed by atoms with E-state index >= 15 is 0 Å². The van der Waals surface area contributed by atoms with Crippen LogP contribution in [0.5, 0.6) is 0 Å². The minimum Gasteiger partial charge on any atom is -0.391 e. The van der Waals surface area contributed by atoms with Crippen LogP contribution in [0, 0.1) is 0 Å². The number of hydrogen-bond acceptors (Lipinski definition) is 5. The normalized spacial score (nSPS) is 14.4. The predicted molar refractivity (Wildman–Crippen MR) is 217 cm³/mol. The van der Waals surface area contributed by atoms with E-state index in [2.05, 4.69) is 19.2 Å². The first-order chi connectivity index (χ1) is 24.5.